The summed E-state index contributed by atoms with van der Waals surface area (Å²) in [5.74, 6) is -0.243. The first-order valence-electron chi connectivity index (χ1n) is 7.93. The van der Waals surface area contributed by atoms with E-state index in [9.17, 15) is 8.42 Å². The highest BCUT2D eigenvalue weighted by Crippen LogP contribution is 2.32. The fourth-order valence-electron chi connectivity index (χ4n) is 2.16. The third kappa shape index (κ3) is 4.99. The van der Waals surface area contributed by atoms with Crippen LogP contribution in [-0.2, 0) is 19.5 Å². The van der Waals surface area contributed by atoms with Crippen LogP contribution in [0.3, 0.4) is 0 Å². The molecule has 148 valence electrons. The molecule has 0 aliphatic carbocycles. The predicted molar refractivity (Wildman–Crippen MR) is 95.6 cm³/mol. The molecule has 1 heterocycles. The van der Waals surface area contributed by atoms with E-state index in [-0.39, 0.29) is 36.5 Å². The summed E-state index contributed by atoms with van der Waals surface area (Å²) in [6.07, 6.45) is 0. The number of hydrogen-bond donors (Lipinski definition) is 2. The van der Waals surface area contributed by atoms with Crippen molar-refractivity contribution in [2.75, 3.05) is 31.4 Å². The molecule has 0 aliphatic rings. The van der Waals surface area contributed by atoms with Gasteiger partial charge in [-0.15, -0.1) is 0 Å². The molecule has 0 fully saturated rings. The lowest BCUT2D eigenvalue weighted by molar-refractivity contribution is 0.0744. The first-order valence-corrected chi connectivity index (χ1v) is 9.37. The zero-order valence-corrected chi connectivity index (χ0v) is 16.0. The maximum atomic E-state index is 13.2. The topological polar surface area (TPSA) is 132 Å². The molecule has 1 aromatic heterocycles. The monoisotopic (exact) mass is 400 g/mol. The number of anilines is 1. The molecule has 0 bridgehead atoms. The van der Waals surface area contributed by atoms with E-state index >= 15 is 0 Å². The number of methoxy groups -OCH3 is 1. The standard InChI is InChI=1S/C15H21BN2O8S/c1-11-12(2)17-26-15(11)18(10-24-9-8-23-3)27(21,22)14-7-5-4-6-13(14)25-16(19)20/h4-7,19-20H,8-10H2,1-3H3. The maximum Gasteiger partial charge on any atom is 0.707 e. The quantitative estimate of drug-likeness (QED) is 0.332. The molecule has 0 saturated carbocycles. The predicted octanol–water partition coefficient (Wildman–Crippen LogP) is 0.456. The molecule has 0 atom stereocenters. The van der Waals surface area contributed by atoms with Gasteiger partial charge in [0.2, 0.25) is 5.88 Å². The van der Waals surface area contributed by atoms with Gasteiger partial charge in [0.25, 0.3) is 10.0 Å². The fourth-order valence-corrected chi connectivity index (χ4v) is 3.62. The van der Waals surface area contributed by atoms with Gasteiger partial charge in [-0.2, -0.15) is 0 Å². The lowest BCUT2D eigenvalue weighted by atomic mass is 10.2. The average Bonchev–Trinajstić information content (AvgIpc) is 2.94. The number of benzene rings is 1. The lowest BCUT2D eigenvalue weighted by Crippen LogP contribution is -2.34. The van der Waals surface area contributed by atoms with Crippen molar-refractivity contribution >= 4 is 23.2 Å². The number of nitrogens with zero attached hydrogens (tertiary/aromatic N) is 2. The van der Waals surface area contributed by atoms with Crippen LogP contribution in [0.2, 0.25) is 0 Å². The summed E-state index contributed by atoms with van der Waals surface area (Å²) in [5, 5.41) is 21.9. The van der Waals surface area contributed by atoms with E-state index in [1.54, 1.807) is 13.8 Å². The molecule has 2 aromatic rings. The molecule has 2 rings (SSSR count). The van der Waals surface area contributed by atoms with Crippen LogP contribution in [0.5, 0.6) is 5.75 Å². The molecule has 0 aliphatic heterocycles. The van der Waals surface area contributed by atoms with Crippen molar-refractivity contribution in [2.45, 2.75) is 18.7 Å². The Balaban J connectivity index is 2.46. The highest BCUT2D eigenvalue weighted by molar-refractivity contribution is 7.93. The molecule has 27 heavy (non-hydrogen) atoms. The van der Waals surface area contributed by atoms with Gasteiger partial charge in [-0.3, -0.25) is 0 Å². The summed E-state index contributed by atoms with van der Waals surface area (Å²) in [5.41, 5.74) is 1.05. The number of hydrogen-bond acceptors (Lipinski definition) is 9. The Morgan fingerprint density at radius 2 is 1.93 bits per heavy atom. The fraction of sp³-hybridized carbons (Fsp3) is 0.400. The van der Waals surface area contributed by atoms with E-state index < -0.39 is 17.3 Å². The molecular weight excluding hydrogens is 379 g/mol. The van der Waals surface area contributed by atoms with Gasteiger partial charge in [0.1, 0.15) is 17.4 Å². The Morgan fingerprint density at radius 1 is 1.22 bits per heavy atom. The Labute approximate surface area is 157 Å². The average molecular weight is 400 g/mol. The molecule has 2 N–H and O–H groups in total. The van der Waals surface area contributed by atoms with Crippen LogP contribution in [0.25, 0.3) is 0 Å². The summed E-state index contributed by atoms with van der Waals surface area (Å²) < 4.78 is 47.6. The number of rotatable bonds is 10. The first-order chi connectivity index (χ1) is 12.8. The zero-order chi connectivity index (χ0) is 20.0. The Bertz CT molecular complexity index is 855. The van der Waals surface area contributed by atoms with Crippen molar-refractivity contribution in [1.29, 1.82) is 0 Å². The number of ether oxygens (including phenoxy) is 2. The first kappa shape index (κ1) is 21.2. The third-order valence-electron chi connectivity index (χ3n) is 3.65. The van der Waals surface area contributed by atoms with Gasteiger partial charge in [-0.25, -0.2) is 12.7 Å². The van der Waals surface area contributed by atoms with Crippen LogP contribution in [0, 0.1) is 13.8 Å². The van der Waals surface area contributed by atoms with Gasteiger partial charge < -0.3 is 28.7 Å². The van der Waals surface area contributed by atoms with Crippen molar-refractivity contribution in [3.05, 3.63) is 35.5 Å². The highest BCUT2D eigenvalue weighted by atomic mass is 32.2. The smallest absolute Gasteiger partial charge is 0.511 e. The second-order valence-electron chi connectivity index (χ2n) is 5.47. The minimum absolute atomic E-state index is 0.00994. The maximum absolute atomic E-state index is 13.2. The van der Waals surface area contributed by atoms with E-state index in [1.807, 2.05) is 0 Å². The normalized spacial score (nSPS) is 11.4. The van der Waals surface area contributed by atoms with Gasteiger partial charge in [-0.1, -0.05) is 17.3 Å². The molecule has 0 radical (unpaired) electrons. The molecule has 0 amide bonds. The molecule has 0 spiro atoms. The van der Waals surface area contributed by atoms with Gasteiger partial charge in [-0.05, 0) is 26.0 Å². The van der Waals surface area contributed by atoms with Crippen molar-refractivity contribution in [2.24, 2.45) is 0 Å². The van der Waals surface area contributed by atoms with E-state index in [0.29, 0.717) is 11.3 Å². The number of para-hydroxylation sites is 1. The number of aryl methyl sites for hydroxylation is 1. The molecule has 12 heteroatoms. The van der Waals surface area contributed by atoms with Crippen LogP contribution >= 0.6 is 0 Å². The summed E-state index contributed by atoms with van der Waals surface area (Å²) in [6, 6.07) is 5.55. The van der Waals surface area contributed by atoms with E-state index in [1.165, 1.54) is 31.4 Å². The van der Waals surface area contributed by atoms with Gasteiger partial charge in [0.05, 0.1) is 18.9 Å². The Kier molecular flexibility index (Phi) is 7.22. The van der Waals surface area contributed by atoms with Gasteiger partial charge >= 0.3 is 7.32 Å². The lowest BCUT2D eigenvalue weighted by Gasteiger charge is -2.23. The van der Waals surface area contributed by atoms with Crippen LogP contribution < -0.4 is 8.96 Å². The van der Waals surface area contributed by atoms with Crippen LogP contribution in [-0.4, -0.2) is 58.0 Å². The van der Waals surface area contributed by atoms with E-state index in [4.69, 9.17) is 28.7 Å². The minimum Gasteiger partial charge on any atom is -0.511 e. The van der Waals surface area contributed by atoms with E-state index in [2.05, 4.69) is 5.16 Å². The Hall–Kier alpha value is -2.12. The summed E-state index contributed by atoms with van der Waals surface area (Å²) >= 11 is 0. The van der Waals surface area contributed by atoms with Crippen molar-refractivity contribution in [3.8, 4) is 5.75 Å². The number of aromatic nitrogens is 1. The minimum atomic E-state index is -4.24. The van der Waals surface area contributed by atoms with Crippen molar-refractivity contribution in [3.63, 3.8) is 0 Å². The second-order valence-corrected chi connectivity index (χ2v) is 7.30. The van der Waals surface area contributed by atoms with Crippen molar-refractivity contribution in [1.82, 2.24) is 5.16 Å². The van der Waals surface area contributed by atoms with Crippen LogP contribution in [0.4, 0.5) is 5.88 Å². The highest BCUT2D eigenvalue weighted by Gasteiger charge is 2.33. The largest absolute Gasteiger partial charge is 0.707 e. The third-order valence-corrected chi connectivity index (χ3v) is 5.39. The van der Waals surface area contributed by atoms with Gasteiger partial charge in [0.15, 0.2) is 0 Å². The molecule has 0 saturated heterocycles. The molecule has 0 unspecified atom stereocenters. The molecule has 10 nitrogen and oxygen atoms in total. The molecular formula is C15H21BN2O8S. The van der Waals surface area contributed by atoms with E-state index in [0.717, 1.165) is 4.31 Å². The molecule has 1 aromatic carbocycles. The van der Waals surface area contributed by atoms with Gasteiger partial charge in [0, 0.05) is 12.7 Å². The number of sulfonamides is 1. The van der Waals surface area contributed by atoms with Crippen molar-refractivity contribution < 1.29 is 37.1 Å². The Morgan fingerprint density at radius 3 is 2.52 bits per heavy atom. The summed E-state index contributed by atoms with van der Waals surface area (Å²) in [6.45, 7) is 3.41. The van der Waals surface area contributed by atoms with Crippen LogP contribution in [0.1, 0.15) is 11.3 Å². The SMILES string of the molecule is COCCOCN(c1onc(C)c1C)S(=O)(=O)c1ccccc1OB(O)O. The second kappa shape index (κ2) is 9.19. The van der Waals surface area contributed by atoms with Crippen LogP contribution in [0.15, 0.2) is 33.7 Å². The summed E-state index contributed by atoms with van der Waals surface area (Å²) in [7, 11) is -4.92. The zero-order valence-electron chi connectivity index (χ0n) is 15.2. The summed E-state index contributed by atoms with van der Waals surface area (Å²) in [4.78, 5) is -0.290.